The van der Waals surface area contributed by atoms with Gasteiger partial charge in [-0.2, -0.15) is 0 Å². The van der Waals surface area contributed by atoms with Crippen molar-refractivity contribution in [2.24, 2.45) is 0 Å². The van der Waals surface area contributed by atoms with E-state index in [1.54, 1.807) is 36.4 Å². The molecule has 0 saturated carbocycles. The first-order valence-corrected chi connectivity index (χ1v) is 7.17. The smallest absolute Gasteiger partial charge is 0.200 e. The van der Waals surface area contributed by atoms with Crippen LogP contribution in [0.1, 0.15) is 16.7 Å². The van der Waals surface area contributed by atoms with Crippen LogP contribution < -0.4 is 5.43 Å². The zero-order valence-electron chi connectivity index (χ0n) is 12.3. The fraction of sp³-hybridized carbons (Fsp3) is 0.167. The Balaban J connectivity index is 2.23. The standard InChI is InChI=1S/C18H16O5/c19-7-11-1-3-13(4-2-11)15-10-23-16-6-12(8-20)5-14(9-21)17(16)18(15)22/h1-6,10,19-21H,7-9H2. The van der Waals surface area contributed by atoms with Crippen LogP contribution in [0.3, 0.4) is 0 Å². The highest BCUT2D eigenvalue weighted by Crippen LogP contribution is 2.24. The molecule has 2 aromatic carbocycles. The van der Waals surface area contributed by atoms with Gasteiger partial charge in [0.25, 0.3) is 0 Å². The Morgan fingerprint density at radius 3 is 2.17 bits per heavy atom. The molecule has 0 saturated heterocycles. The summed E-state index contributed by atoms with van der Waals surface area (Å²) in [5.41, 5.74) is 2.90. The number of rotatable bonds is 4. The minimum absolute atomic E-state index is 0.0643. The van der Waals surface area contributed by atoms with Crippen LogP contribution in [0.2, 0.25) is 0 Å². The minimum atomic E-state index is -0.317. The molecule has 0 aliphatic heterocycles. The first-order chi connectivity index (χ1) is 11.2. The van der Waals surface area contributed by atoms with Crippen LogP contribution in [-0.4, -0.2) is 15.3 Å². The van der Waals surface area contributed by atoms with Gasteiger partial charge in [-0.15, -0.1) is 0 Å². The van der Waals surface area contributed by atoms with Gasteiger partial charge >= 0.3 is 0 Å². The molecule has 1 heterocycles. The second-order valence-electron chi connectivity index (χ2n) is 5.28. The molecule has 0 bridgehead atoms. The Hall–Kier alpha value is -2.47. The summed E-state index contributed by atoms with van der Waals surface area (Å²) in [7, 11) is 0. The maximum atomic E-state index is 12.8. The van der Waals surface area contributed by atoms with E-state index >= 15 is 0 Å². The number of hydrogen-bond donors (Lipinski definition) is 3. The number of hydrogen-bond acceptors (Lipinski definition) is 5. The Morgan fingerprint density at radius 1 is 0.870 bits per heavy atom. The topological polar surface area (TPSA) is 90.9 Å². The lowest BCUT2D eigenvalue weighted by molar-refractivity contribution is 0.276. The number of fused-ring (bicyclic) bond motifs is 1. The molecule has 5 heteroatoms. The zero-order chi connectivity index (χ0) is 16.4. The van der Waals surface area contributed by atoms with Crippen LogP contribution in [0.5, 0.6) is 0 Å². The molecule has 3 aromatic rings. The molecular formula is C18H16O5. The fourth-order valence-electron chi connectivity index (χ4n) is 2.60. The van der Waals surface area contributed by atoms with Crippen molar-refractivity contribution in [1.29, 1.82) is 0 Å². The average molecular weight is 312 g/mol. The second kappa shape index (κ2) is 6.34. The predicted octanol–water partition coefficient (Wildman–Crippen LogP) is 1.94. The van der Waals surface area contributed by atoms with E-state index < -0.39 is 0 Å². The van der Waals surface area contributed by atoms with Gasteiger partial charge in [0.1, 0.15) is 11.8 Å². The highest BCUT2D eigenvalue weighted by Gasteiger charge is 2.13. The Morgan fingerprint density at radius 2 is 1.57 bits per heavy atom. The molecule has 0 amide bonds. The minimum Gasteiger partial charge on any atom is -0.463 e. The van der Waals surface area contributed by atoms with Gasteiger partial charge in [-0.3, -0.25) is 4.79 Å². The van der Waals surface area contributed by atoms with E-state index in [0.29, 0.717) is 33.2 Å². The molecule has 5 nitrogen and oxygen atoms in total. The number of aliphatic hydroxyl groups excluding tert-OH is 3. The average Bonchev–Trinajstić information content (AvgIpc) is 2.61. The lowest BCUT2D eigenvalue weighted by Crippen LogP contribution is -2.08. The van der Waals surface area contributed by atoms with Crippen molar-refractivity contribution in [3.8, 4) is 11.1 Å². The van der Waals surface area contributed by atoms with E-state index in [4.69, 9.17) is 9.52 Å². The van der Waals surface area contributed by atoms with Gasteiger partial charge in [0.2, 0.25) is 5.43 Å². The number of benzene rings is 2. The van der Waals surface area contributed by atoms with E-state index in [9.17, 15) is 15.0 Å². The molecule has 3 rings (SSSR count). The maximum Gasteiger partial charge on any atom is 0.200 e. The van der Waals surface area contributed by atoms with Crippen LogP contribution in [0, 0.1) is 0 Å². The zero-order valence-corrected chi connectivity index (χ0v) is 12.3. The summed E-state index contributed by atoms with van der Waals surface area (Å²) in [6.07, 6.45) is 1.38. The summed E-state index contributed by atoms with van der Waals surface area (Å²) in [6, 6.07) is 10.1. The molecule has 118 valence electrons. The normalized spacial score (nSPS) is 11.1. The highest BCUT2D eigenvalue weighted by atomic mass is 16.3. The summed E-state index contributed by atoms with van der Waals surface area (Å²) in [4.78, 5) is 12.8. The third-order valence-corrected chi connectivity index (χ3v) is 3.82. The molecule has 3 N–H and O–H groups in total. The first-order valence-electron chi connectivity index (χ1n) is 7.17. The van der Waals surface area contributed by atoms with Crippen molar-refractivity contribution in [3.05, 3.63) is 69.6 Å². The van der Waals surface area contributed by atoms with E-state index in [1.165, 1.54) is 6.26 Å². The maximum absolute atomic E-state index is 12.8. The van der Waals surface area contributed by atoms with Gasteiger partial charge in [-0.1, -0.05) is 30.3 Å². The SMILES string of the molecule is O=c1c(-c2ccc(CO)cc2)coc2cc(CO)cc(CO)c12. The monoisotopic (exact) mass is 312 g/mol. The largest absolute Gasteiger partial charge is 0.463 e. The van der Waals surface area contributed by atoms with Crippen LogP contribution in [-0.2, 0) is 19.8 Å². The molecule has 0 atom stereocenters. The van der Waals surface area contributed by atoms with E-state index in [1.807, 2.05) is 0 Å². The van der Waals surface area contributed by atoms with Crippen LogP contribution in [0.15, 0.2) is 51.9 Å². The molecule has 0 unspecified atom stereocenters. The molecule has 0 aliphatic carbocycles. The summed E-state index contributed by atoms with van der Waals surface area (Å²) in [5, 5.41) is 28.2. The Bertz CT molecular complexity index is 894. The second-order valence-corrected chi connectivity index (χ2v) is 5.28. The summed E-state index contributed by atoms with van der Waals surface area (Å²) in [5.74, 6) is 0. The van der Waals surface area contributed by atoms with Crippen LogP contribution in [0.4, 0.5) is 0 Å². The lowest BCUT2D eigenvalue weighted by atomic mass is 10.0. The first kappa shape index (κ1) is 15.4. The lowest BCUT2D eigenvalue weighted by Gasteiger charge is -2.08. The van der Waals surface area contributed by atoms with E-state index in [0.717, 1.165) is 5.56 Å². The third kappa shape index (κ3) is 2.77. The highest BCUT2D eigenvalue weighted by molar-refractivity contribution is 5.85. The summed E-state index contributed by atoms with van der Waals surface area (Å²) < 4.78 is 5.55. The van der Waals surface area contributed by atoms with Gasteiger partial charge in [0.05, 0.1) is 30.8 Å². The Kier molecular flexibility index (Phi) is 4.25. The van der Waals surface area contributed by atoms with Crippen LogP contribution >= 0.6 is 0 Å². The predicted molar refractivity (Wildman–Crippen MR) is 85.7 cm³/mol. The van der Waals surface area contributed by atoms with Gasteiger partial charge in [0, 0.05) is 0 Å². The molecule has 0 fully saturated rings. The van der Waals surface area contributed by atoms with Gasteiger partial charge in [-0.25, -0.2) is 0 Å². The fourth-order valence-corrected chi connectivity index (χ4v) is 2.60. The van der Waals surface area contributed by atoms with Crippen molar-refractivity contribution < 1.29 is 19.7 Å². The van der Waals surface area contributed by atoms with Crippen molar-refractivity contribution in [3.63, 3.8) is 0 Å². The van der Waals surface area contributed by atoms with Gasteiger partial charge in [0.15, 0.2) is 0 Å². The third-order valence-electron chi connectivity index (χ3n) is 3.82. The van der Waals surface area contributed by atoms with Crippen molar-refractivity contribution in [2.45, 2.75) is 19.8 Å². The molecule has 1 aromatic heterocycles. The summed E-state index contributed by atoms with van der Waals surface area (Å²) >= 11 is 0. The van der Waals surface area contributed by atoms with Gasteiger partial charge < -0.3 is 19.7 Å². The molecule has 0 spiro atoms. The Labute approximate surface area is 132 Å². The molecule has 0 aliphatic rings. The van der Waals surface area contributed by atoms with E-state index in [-0.39, 0.29) is 25.2 Å². The summed E-state index contributed by atoms with van der Waals surface area (Å²) in [6.45, 7) is -0.579. The molecular weight excluding hydrogens is 296 g/mol. The van der Waals surface area contributed by atoms with E-state index in [2.05, 4.69) is 0 Å². The van der Waals surface area contributed by atoms with Crippen molar-refractivity contribution in [1.82, 2.24) is 0 Å². The molecule has 0 radical (unpaired) electrons. The van der Waals surface area contributed by atoms with Crippen molar-refractivity contribution >= 4 is 11.0 Å². The number of aliphatic hydroxyl groups is 3. The van der Waals surface area contributed by atoms with Crippen LogP contribution in [0.25, 0.3) is 22.1 Å². The molecule has 23 heavy (non-hydrogen) atoms. The van der Waals surface area contributed by atoms with Gasteiger partial charge in [-0.05, 0) is 28.3 Å². The van der Waals surface area contributed by atoms with Crippen molar-refractivity contribution in [2.75, 3.05) is 0 Å². The quantitative estimate of drug-likeness (QED) is 0.685.